The van der Waals surface area contributed by atoms with Crippen LogP contribution in [0.3, 0.4) is 0 Å². The van der Waals surface area contributed by atoms with Gasteiger partial charge in [0.05, 0.1) is 0 Å². The highest BCUT2D eigenvalue weighted by Gasteiger charge is 2.02. The molecule has 3 heteroatoms. The van der Waals surface area contributed by atoms with E-state index in [-0.39, 0.29) is 7.33 Å². The molecule has 3 nitrogen and oxygen atoms in total. The van der Waals surface area contributed by atoms with Crippen LogP contribution >= 0.6 is 0 Å². The number of likely N-dealkylation sites (N-methyl/N-ethyl adjacent to an activating group) is 1. The van der Waals surface area contributed by atoms with Crippen molar-refractivity contribution in [1.82, 2.24) is 4.90 Å². The summed E-state index contributed by atoms with van der Waals surface area (Å²) in [6.45, 7) is 9.04. The third kappa shape index (κ3) is 7.74. The Morgan fingerprint density at radius 3 is 2.55 bits per heavy atom. The second-order valence-corrected chi connectivity index (χ2v) is 4.93. The molecule has 1 rings (SSSR count). The first-order valence-electron chi connectivity index (χ1n) is 7.21. The summed E-state index contributed by atoms with van der Waals surface area (Å²) >= 11 is 0. The number of nitrogens with one attached hydrogen (secondary N) is 1. The van der Waals surface area contributed by atoms with Crippen molar-refractivity contribution in [2.24, 2.45) is 0 Å². The van der Waals surface area contributed by atoms with Crippen LogP contribution in [0, 0.1) is 0 Å². The second kappa shape index (κ2) is 10.2. The van der Waals surface area contributed by atoms with E-state index in [1.165, 1.54) is 5.56 Å². The monoisotopic (exact) mass is 278 g/mol. The number of carbonyl (C=O) groups is 1. The molecule has 0 aliphatic rings. The maximum Gasteiger partial charge on any atom is 0.248 e. The van der Waals surface area contributed by atoms with Crippen LogP contribution in [0.4, 0.5) is 5.69 Å². The summed E-state index contributed by atoms with van der Waals surface area (Å²) < 4.78 is 0. The van der Waals surface area contributed by atoms with Crippen molar-refractivity contribution in [3.63, 3.8) is 0 Å². The Kier molecular flexibility index (Phi) is 9.39. The van der Waals surface area contributed by atoms with Crippen LogP contribution in [-0.2, 0) is 4.79 Å². The van der Waals surface area contributed by atoms with Crippen molar-refractivity contribution in [3.8, 4) is 0 Å². The molecule has 0 unspecified atom stereocenters. The van der Waals surface area contributed by atoms with Crippen LogP contribution in [0.15, 0.2) is 36.4 Å². The summed E-state index contributed by atoms with van der Waals surface area (Å²) in [5, 5.41) is 2.87. The Morgan fingerprint density at radius 1 is 1.35 bits per heavy atom. The molecule has 0 aromatic heterocycles. The minimum atomic E-state index is -0.0854. The molecule has 0 atom stereocenters. The third-order valence-corrected chi connectivity index (χ3v) is 2.56. The molecule has 0 bridgehead atoms. The fraction of sp³-hybridized carbons (Fsp3) is 0.471. The number of nitrogens with zero attached hydrogens (tertiary/aromatic N) is 1. The Labute approximate surface area is 125 Å². The van der Waals surface area contributed by atoms with Crippen molar-refractivity contribution in [2.45, 2.75) is 33.6 Å². The maximum atomic E-state index is 11.7. The van der Waals surface area contributed by atoms with Gasteiger partial charge >= 0.3 is 0 Å². The lowest BCUT2D eigenvalue weighted by Gasteiger charge is -2.08. The molecule has 1 aromatic carbocycles. The molecule has 1 aromatic rings. The number of benzene rings is 1. The van der Waals surface area contributed by atoms with Gasteiger partial charge in [-0.15, -0.1) is 0 Å². The van der Waals surface area contributed by atoms with E-state index >= 15 is 0 Å². The van der Waals surface area contributed by atoms with E-state index in [0.717, 1.165) is 12.2 Å². The smallest absolute Gasteiger partial charge is 0.248 e. The van der Waals surface area contributed by atoms with Gasteiger partial charge in [-0.3, -0.25) is 4.79 Å². The third-order valence-electron chi connectivity index (χ3n) is 2.56. The van der Waals surface area contributed by atoms with Gasteiger partial charge in [0.25, 0.3) is 0 Å². The summed E-state index contributed by atoms with van der Waals surface area (Å²) in [6, 6.07) is 7.96. The van der Waals surface area contributed by atoms with E-state index in [9.17, 15) is 4.79 Å². The molecular weight excluding hydrogens is 248 g/mol. The van der Waals surface area contributed by atoms with Gasteiger partial charge in [0.2, 0.25) is 5.91 Å². The fourth-order valence-electron chi connectivity index (χ4n) is 1.53. The number of carbonyl (C=O) groups excluding carboxylic acids is 1. The summed E-state index contributed by atoms with van der Waals surface area (Å²) in [6.07, 6.45) is 3.42. The fourth-order valence-corrected chi connectivity index (χ4v) is 1.53. The van der Waals surface area contributed by atoms with Gasteiger partial charge in [-0.1, -0.05) is 45.9 Å². The predicted molar refractivity (Wildman–Crippen MR) is 90.3 cm³/mol. The molecule has 1 N–H and O–H groups in total. The van der Waals surface area contributed by atoms with Crippen LogP contribution in [0.5, 0.6) is 0 Å². The number of hydrogen-bond acceptors (Lipinski definition) is 2. The van der Waals surface area contributed by atoms with E-state index < -0.39 is 0 Å². The SMILES string of the molecule is CC.CC(C)c1cccc(NC(=O)/C=C/CN(C)C)c1.[HH]. The van der Waals surface area contributed by atoms with E-state index in [0.29, 0.717) is 5.92 Å². The maximum absolute atomic E-state index is 11.7. The molecule has 0 heterocycles. The summed E-state index contributed by atoms with van der Waals surface area (Å²) in [5.41, 5.74) is 2.07. The minimum Gasteiger partial charge on any atom is -0.323 e. The predicted octanol–water partition coefficient (Wildman–Crippen LogP) is 4.14. The van der Waals surface area contributed by atoms with E-state index in [1.54, 1.807) is 6.08 Å². The molecule has 0 saturated heterocycles. The van der Waals surface area contributed by atoms with Crippen molar-refractivity contribution < 1.29 is 6.22 Å². The molecule has 0 aliphatic heterocycles. The summed E-state index contributed by atoms with van der Waals surface area (Å²) in [7, 11) is 3.93. The normalized spacial score (nSPS) is 10.6. The minimum absolute atomic E-state index is 0. The van der Waals surface area contributed by atoms with Gasteiger partial charge in [0, 0.05) is 19.7 Å². The van der Waals surface area contributed by atoms with Gasteiger partial charge in [0.15, 0.2) is 0 Å². The van der Waals surface area contributed by atoms with Gasteiger partial charge in [-0.2, -0.15) is 0 Å². The highest BCUT2D eigenvalue weighted by molar-refractivity contribution is 5.99. The zero-order chi connectivity index (χ0) is 15.5. The van der Waals surface area contributed by atoms with Crippen molar-refractivity contribution in [2.75, 3.05) is 26.0 Å². The van der Waals surface area contributed by atoms with Gasteiger partial charge < -0.3 is 10.2 Å². The first-order valence-corrected chi connectivity index (χ1v) is 7.21. The van der Waals surface area contributed by atoms with Gasteiger partial charge in [0.1, 0.15) is 0 Å². The lowest BCUT2D eigenvalue weighted by atomic mass is 10.0. The number of anilines is 1. The van der Waals surface area contributed by atoms with Crippen molar-refractivity contribution in [3.05, 3.63) is 42.0 Å². The second-order valence-electron chi connectivity index (χ2n) is 4.93. The first-order chi connectivity index (χ1) is 9.49. The van der Waals surface area contributed by atoms with E-state index in [1.807, 2.05) is 57.1 Å². The van der Waals surface area contributed by atoms with E-state index in [4.69, 9.17) is 0 Å². The molecule has 0 fully saturated rings. The van der Waals surface area contributed by atoms with E-state index in [2.05, 4.69) is 25.2 Å². The molecule has 0 aliphatic carbocycles. The summed E-state index contributed by atoms with van der Waals surface area (Å²) in [5.74, 6) is 0.379. The van der Waals surface area contributed by atoms with Crippen LogP contribution in [0.25, 0.3) is 0 Å². The van der Waals surface area contributed by atoms with Crippen LogP contribution in [-0.4, -0.2) is 31.4 Å². The van der Waals surface area contributed by atoms with Gasteiger partial charge in [-0.25, -0.2) is 0 Å². The molecular formula is C17H30N2O. The Hall–Kier alpha value is -1.61. The number of amides is 1. The Morgan fingerprint density at radius 2 is 2.00 bits per heavy atom. The highest BCUT2D eigenvalue weighted by atomic mass is 16.1. The van der Waals surface area contributed by atoms with Gasteiger partial charge in [-0.05, 0) is 37.7 Å². The highest BCUT2D eigenvalue weighted by Crippen LogP contribution is 2.18. The largest absolute Gasteiger partial charge is 0.323 e. The zero-order valence-corrected chi connectivity index (χ0v) is 13.6. The van der Waals surface area contributed by atoms with Crippen LogP contribution < -0.4 is 5.32 Å². The summed E-state index contributed by atoms with van der Waals surface area (Å²) in [4.78, 5) is 13.7. The van der Waals surface area contributed by atoms with Crippen LogP contribution in [0.2, 0.25) is 0 Å². The first kappa shape index (κ1) is 18.4. The lowest BCUT2D eigenvalue weighted by molar-refractivity contribution is -0.111. The molecule has 0 saturated carbocycles. The zero-order valence-electron chi connectivity index (χ0n) is 13.6. The Bertz CT molecular complexity index is 429. The number of rotatable bonds is 5. The average Bonchev–Trinajstić information content (AvgIpc) is 2.40. The van der Waals surface area contributed by atoms with Crippen LogP contribution in [0.1, 0.15) is 40.6 Å². The molecule has 114 valence electrons. The standard InChI is InChI=1S/C15H22N2O.C2H6.H2/c1-12(2)13-7-5-8-14(11-13)16-15(18)9-6-10-17(3)4;1-2;/h5-9,11-12H,10H2,1-4H3,(H,16,18);1-2H3;1H/b9-6+;;. The van der Waals surface area contributed by atoms with Crippen molar-refractivity contribution in [1.29, 1.82) is 0 Å². The molecule has 0 radical (unpaired) electrons. The molecule has 0 spiro atoms. The molecule has 1 amide bonds. The Balaban J connectivity index is 0. The average molecular weight is 278 g/mol. The van der Waals surface area contributed by atoms with Crippen molar-refractivity contribution >= 4 is 11.6 Å². The quantitative estimate of drug-likeness (QED) is 0.821. The lowest BCUT2D eigenvalue weighted by Crippen LogP contribution is -2.13. The molecule has 20 heavy (non-hydrogen) atoms. The topological polar surface area (TPSA) is 32.3 Å². The number of hydrogen-bond donors (Lipinski definition) is 1.